The van der Waals surface area contributed by atoms with Gasteiger partial charge in [0, 0.05) is 4.90 Å². The highest BCUT2D eigenvalue weighted by atomic mass is 32.2. The molecule has 17 heavy (non-hydrogen) atoms. The van der Waals surface area contributed by atoms with Crippen LogP contribution >= 0.6 is 23.1 Å². The maximum absolute atomic E-state index is 12.0. The molecule has 1 aromatic heterocycles. The molecule has 0 bridgehead atoms. The number of carbonyl (C=O) groups excluding carboxylic acids is 1. The zero-order valence-electron chi connectivity index (χ0n) is 9.01. The third-order valence-electron chi connectivity index (χ3n) is 2.01. The highest BCUT2D eigenvalue weighted by Crippen LogP contribution is 2.22. The van der Waals surface area contributed by atoms with Crippen LogP contribution in [0.2, 0.25) is 0 Å². The highest BCUT2D eigenvalue weighted by molar-refractivity contribution is 7.98. The first-order valence-corrected chi connectivity index (χ1v) is 6.78. The third-order valence-corrected chi connectivity index (χ3v) is 3.48. The molecule has 3 N–H and O–H groups in total. The summed E-state index contributed by atoms with van der Waals surface area (Å²) >= 11 is 2.66. The number of anilines is 2. The number of nitrogens with one attached hydrogen (secondary N) is 1. The van der Waals surface area contributed by atoms with Crippen molar-refractivity contribution < 1.29 is 4.79 Å². The van der Waals surface area contributed by atoms with Crippen molar-refractivity contribution in [1.29, 1.82) is 0 Å². The summed E-state index contributed by atoms with van der Waals surface area (Å²) in [6.07, 6.45) is 1.93. The molecule has 0 atom stereocenters. The van der Waals surface area contributed by atoms with Crippen LogP contribution in [0.5, 0.6) is 0 Å². The van der Waals surface area contributed by atoms with Crippen LogP contribution in [0.25, 0.3) is 0 Å². The van der Waals surface area contributed by atoms with Gasteiger partial charge in [-0.25, -0.2) is 0 Å². The molecule has 1 heterocycles. The number of nitrogens with two attached hydrogens (primary N) is 1. The van der Waals surface area contributed by atoms with E-state index in [1.54, 1.807) is 6.07 Å². The number of thioether (sulfide) groups is 1. The van der Waals surface area contributed by atoms with Gasteiger partial charge >= 0.3 is 0 Å². The van der Waals surface area contributed by atoms with Crippen molar-refractivity contribution in [3.63, 3.8) is 0 Å². The Morgan fingerprint density at radius 2 is 2.18 bits per heavy atom. The molecule has 0 unspecified atom stereocenters. The number of rotatable bonds is 3. The van der Waals surface area contributed by atoms with Gasteiger partial charge in [0.15, 0.2) is 0 Å². The molecule has 0 fully saturated rings. The van der Waals surface area contributed by atoms with Crippen molar-refractivity contribution in [2.75, 3.05) is 17.3 Å². The zero-order valence-corrected chi connectivity index (χ0v) is 10.6. The minimum atomic E-state index is -0.203. The number of amides is 1. The van der Waals surface area contributed by atoms with Gasteiger partial charge in [-0.15, -0.1) is 22.0 Å². The number of benzene rings is 1. The summed E-state index contributed by atoms with van der Waals surface area (Å²) < 4.78 is 0. The summed E-state index contributed by atoms with van der Waals surface area (Å²) in [4.78, 5) is 12.9. The van der Waals surface area contributed by atoms with Gasteiger partial charge in [-0.2, -0.15) is 0 Å². The number of hydrogen-bond donors (Lipinski definition) is 2. The van der Waals surface area contributed by atoms with Crippen LogP contribution < -0.4 is 11.1 Å². The SMILES string of the molecule is CSc1ccccc1C(=O)Nc1nnc(N)s1. The van der Waals surface area contributed by atoms with Gasteiger partial charge < -0.3 is 5.73 Å². The fourth-order valence-electron chi connectivity index (χ4n) is 1.28. The number of aromatic nitrogens is 2. The van der Waals surface area contributed by atoms with Crippen molar-refractivity contribution in [3.8, 4) is 0 Å². The van der Waals surface area contributed by atoms with E-state index >= 15 is 0 Å². The van der Waals surface area contributed by atoms with E-state index in [9.17, 15) is 4.79 Å². The fraction of sp³-hybridized carbons (Fsp3) is 0.100. The topological polar surface area (TPSA) is 80.9 Å². The number of nitrogen functional groups attached to an aromatic ring is 1. The van der Waals surface area contributed by atoms with Gasteiger partial charge in [0.05, 0.1) is 5.56 Å². The molecular weight excluding hydrogens is 256 g/mol. The Morgan fingerprint density at radius 1 is 1.41 bits per heavy atom. The maximum Gasteiger partial charge on any atom is 0.258 e. The third kappa shape index (κ3) is 2.75. The lowest BCUT2D eigenvalue weighted by Gasteiger charge is -2.05. The van der Waals surface area contributed by atoms with E-state index < -0.39 is 0 Å². The molecule has 1 aromatic carbocycles. The van der Waals surface area contributed by atoms with E-state index in [1.165, 1.54) is 11.8 Å². The van der Waals surface area contributed by atoms with E-state index in [1.807, 2.05) is 24.5 Å². The number of carbonyl (C=O) groups is 1. The predicted octanol–water partition coefficient (Wildman–Crippen LogP) is 2.09. The summed E-state index contributed by atoms with van der Waals surface area (Å²) in [6.45, 7) is 0. The molecule has 0 saturated carbocycles. The molecule has 0 radical (unpaired) electrons. The molecule has 0 aliphatic carbocycles. The minimum Gasteiger partial charge on any atom is -0.374 e. The molecule has 1 amide bonds. The van der Waals surface area contributed by atoms with Crippen molar-refractivity contribution in [1.82, 2.24) is 10.2 Å². The average Bonchev–Trinajstić information content (AvgIpc) is 2.74. The molecule has 2 aromatic rings. The monoisotopic (exact) mass is 266 g/mol. The van der Waals surface area contributed by atoms with Crippen molar-refractivity contribution in [3.05, 3.63) is 29.8 Å². The summed E-state index contributed by atoms with van der Waals surface area (Å²) in [5, 5.41) is 10.8. The highest BCUT2D eigenvalue weighted by Gasteiger charge is 2.12. The lowest BCUT2D eigenvalue weighted by molar-refractivity contribution is 0.102. The first-order chi connectivity index (χ1) is 8.20. The Morgan fingerprint density at radius 3 is 2.82 bits per heavy atom. The first kappa shape index (κ1) is 11.9. The minimum absolute atomic E-state index is 0.203. The van der Waals surface area contributed by atoms with Crippen LogP contribution in [-0.4, -0.2) is 22.4 Å². The van der Waals surface area contributed by atoms with Gasteiger partial charge in [0.25, 0.3) is 5.91 Å². The fourth-order valence-corrected chi connectivity index (χ4v) is 2.38. The molecule has 88 valence electrons. The van der Waals surface area contributed by atoms with Crippen LogP contribution in [0.1, 0.15) is 10.4 Å². The molecule has 0 spiro atoms. The van der Waals surface area contributed by atoms with Crippen molar-refractivity contribution in [2.24, 2.45) is 0 Å². The van der Waals surface area contributed by atoms with E-state index in [2.05, 4.69) is 15.5 Å². The van der Waals surface area contributed by atoms with Crippen LogP contribution in [0.4, 0.5) is 10.3 Å². The van der Waals surface area contributed by atoms with Gasteiger partial charge in [0.2, 0.25) is 10.3 Å². The standard InChI is InChI=1S/C10H10N4OS2/c1-16-7-5-3-2-4-6(7)8(15)12-10-14-13-9(11)17-10/h2-5H,1H3,(H2,11,13)(H,12,14,15). The van der Waals surface area contributed by atoms with Gasteiger partial charge in [0.1, 0.15) is 0 Å². The smallest absolute Gasteiger partial charge is 0.258 e. The normalized spacial score (nSPS) is 10.2. The Hall–Kier alpha value is -1.60. The Labute approximate surface area is 106 Å². The van der Waals surface area contributed by atoms with E-state index in [0.717, 1.165) is 16.2 Å². The van der Waals surface area contributed by atoms with E-state index in [0.29, 0.717) is 15.8 Å². The Balaban J connectivity index is 2.20. The average molecular weight is 266 g/mol. The van der Waals surface area contributed by atoms with Gasteiger partial charge in [-0.1, -0.05) is 23.5 Å². The molecule has 7 heteroatoms. The van der Waals surface area contributed by atoms with Crippen molar-refractivity contribution >= 4 is 39.3 Å². The van der Waals surface area contributed by atoms with Gasteiger partial charge in [-0.05, 0) is 18.4 Å². The summed E-state index contributed by atoms with van der Waals surface area (Å²) in [5.41, 5.74) is 6.06. The predicted molar refractivity (Wildman–Crippen MR) is 70.5 cm³/mol. The second-order valence-electron chi connectivity index (χ2n) is 3.10. The van der Waals surface area contributed by atoms with Crippen LogP contribution in [0, 0.1) is 0 Å². The quantitative estimate of drug-likeness (QED) is 0.831. The lowest BCUT2D eigenvalue weighted by Crippen LogP contribution is -2.12. The number of nitrogens with zero attached hydrogens (tertiary/aromatic N) is 2. The molecule has 0 saturated heterocycles. The Kier molecular flexibility index (Phi) is 3.60. The summed E-state index contributed by atoms with van der Waals surface area (Å²) in [5.74, 6) is -0.203. The largest absolute Gasteiger partial charge is 0.374 e. The molecule has 0 aliphatic heterocycles. The lowest BCUT2D eigenvalue weighted by atomic mass is 10.2. The maximum atomic E-state index is 12.0. The van der Waals surface area contributed by atoms with Crippen LogP contribution in [0.3, 0.4) is 0 Å². The van der Waals surface area contributed by atoms with Crippen LogP contribution in [0.15, 0.2) is 29.2 Å². The Bertz CT molecular complexity index is 541. The second kappa shape index (κ2) is 5.15. The van der Waals surface area contributed by atoms with Gasteiger partial charge in [-0.3, -0.25) is 10.1 Å². The first-order valence-electron chi connectivity index (χ1n) is 4.74. The molecule has 0 aliphatic rings. The molecule has 5 nitrogen and oxygen atoms in total. The molecular formula is C10H10N4OS2. The number of hydrogen-bond acceptors (Lipinski definition) is 6. The van der Waals surface area contributed by atoms with Crippen LogP contribution in [-0.2, 0) is 0 Å². The summed E-state index contributed by atoms with van der Waals surface area (Å²) in [7, 11) is 0. The summed E-state index contributed by atoms with van der Waals surface area (Å²) in [6, 6.07) is 7.38. The zero-order chi connectivity index (χ0) is 12.3. The van der Waals surface area contributed by atoms with E-state index in [-0.39, 0.29) is 5.91 Å². The molecule has 2 rings (SSSR count). The van der Waals surface area contributed by atoms with E-state index in [4.69, 9.17) is 5.73 Å². The van der Waals surface area contributed by atoms with Crippen molar-refractivity contribution in [2.45, 2.75) is 4.90 Å². The second-order valence-corrected chi connectivity index (χ2v) is 4.96.